The smallest absolute Gasteiger partial charge is 0.286 e. The fraction of sp³-hybridized carbons (Fsp3) is 0.273. The van der Waals surface area contributed by atoms with Crippen LogP contribution in [0.4, 0.5) is 10.8 Å². The molecule has 0 spiro atoms. The minimum Gasteiger partial charge on any atom is -0.493 e. The van der Waals surface area contributed by atoms with Crippen LogP contribution in [-0.2, 0) is 4.74 Å². The summed E-state index contributed by atoms with van der Waals surface area (Å²) in [7, 11) is 2.91. The van der Waals surface area contributed by atoms with E-state index in [1.807, 2.05) is 37.4 Å². The third-order valence-corrected chi connectivity index (χ3v) is 5.55. The van der Waals surface area contributed by atoms with E-state index < -0.39 is 16.5 Å². The second kappa shape index (κ2) is 10.2. The zero-order valence-corrected chi connectivity index (χ0v) is 18.9. The minimum atomic E-state index is -0.667. The van der Waals surface area contributed by atoms with Crippen LogP contribution in [0, 0.1) is 24.0 Å². The van der Waals surface area contributed by atoms with Gasteiger partial charge in [0.2, 0.25) is 0 Å². The number of aryl methyl sites for hydroxylation is 2. The number of thiazole rings is 1. The van der Waals surface area contributed by atoms with Crippen molar-refractivity contribution < 1.29 is 23.9 Å². The van der Waals surface area contributed by atoms with E-state index >= 15 is 0 Å². The summed E-state index contributed by atoms with van der Waals surface area (Å²) in [5.41, 5.74) is 3.39. The highest BCUT2D eigenvalue weighted by atomic mass is 32.1. The number of benzene rings is 2. The summed E-state index contributed by atoms with van der Waals surface area (Å²) in [5.74, 6) is -0.315. The van der Waals surface area contributed by atoms with E-state index in [4.69, 9.17) is 14.2 Å². The minimum absolute atomic E-state index is 0.152. The van der Waals surface area contributed by atoms with Crippen LogP contribution in [0.5, 0.6) is 11.5 Å². The van der Waals surface area contributed by atoms with Crippen LogP contribution in [0.3, 0.4) is 0 Å². The number of carbonyl (C=O) groups excluding carboxylic acids is 1. The number of nitrogens with one attached hydrogen (secondary N) is 1. The number of nitro groups is 1. The van der Waals surface area contributed by atoms with Gasteiger partial charge in [-0.15, -0.1) is 11.3 Å². The molecule has 1 amide bonds. The predicted octanol–water partition coefficient (Wildman–Crippen LogP) is 4.62. The van der Waals surface area contributed by atoms with Gasteiger partial charge in [0.1, 0.15) is 12.2 Å². The van der Waals surface area contributed by atoms with Crippen LogP contribution >= 0.6 is 11.3 Å². The molecule has 32 heavy (non-hydrogen) atoms. The number of hydrogen-bond acceptors (Lipinski definition) is 8. The number of amides is 1. The lowest BCUT2D eigenvalue weighted by molar-refractivity contribution is -0.385. The summed E-state index contributed by atoms with van der Waals surface area (Å²) in [5, 5.41) is 16.4. The molecule has 0 atom stereocenters. The normalized spacial score (nSPS) is 10.6. The molecular formula is C22H23N3O6S. The van der Waals surface area contributed by atoms with Crippen LogP contribution in [0.1, 0.15) is 21.5 Å². The van der Waals surface area contributed by atoms with Crippen LogP contribution < -0.4 is 14.8 Å². The Morgan fingerprint density at radius 3 is 2.56 bits per heavy atom. The number of carbonyl (C=O) groups is 1. The van der Waals surface area contributed by atoms with Crippen LogP contribution in [0.15, 0.2) is 35.7 Å². The Labute approximate surface area is 189 Å². The summed E-state index contributed by atoms with van der Waals surface area (Å²) in [6.07, 6.45) is 0. The number of rotatable bonds is 9. The Kier molecular flexibility index (Phi) is 7.39. The molecule has 10 heteroatoms. The second-order valence-corrected chi connectivity index (χ2v) is 7.77. The Bertz CT molecular complexity index is 1140. The van der Waals surface area contributed by atoms with Crippen molar-refractivity contribution in [2.75, 3.05) is 32.8 Å². The molecule has 0 aliphatic carbocycles. The van der Waals surface area contributed by atoms with Gasteiger partial charge in [-0.3, -0.25) is 20.2 Å². The van der Waals surface area contributed by atoms with Gasteiger partial charge in [0.25, 0.3) is 11.6 Å². The monoisotopic (exact) mass is 457 g/mol. The van der Waals surface area contributed by atoms with E-state index in [1.54, 1.807) is 0 Å². The lowest BCUT2D eigenvalue weighted by Crippen LogP contribution is -2.15. The average Bonchev–Trinajstić information content (AvgIpc) is 3.23. The molecule has 0 radical (unpaired) electrons. The lowest BCUT2D eigenvalue weighted by atomic mass is 10.1. The molecule has 0 saturated carbocycles. The van der Waals surface area contributed by atoms with E-state index in [9.17, 15) is 14.9 Å². The van der Waals surface area contributed by atoms with Crippen molar-refractivity contribution in [3.05, 3.63) is 62.5 Å². The van der Waals surface area contributed by atoms with Crippen molar-refractivity contribution in [1.82, 2.24) is 4.98 Å². The van der Waals surface area contributed by atoms with Gasteiger partial charge >= 0.3 is 0 Å². The number of nitro benzene ring substituents is 1. The first-order chi connectivity index (χ1) is 15.3. The molecular weight excluding hydrogens is 434 g/mol. The molecule has 0 aliphatic heterocycles. The summed E-state index contributed by atoms with van der Waals surface area (Å²) < 4.78 is 15.7. The maximum absolute atomic E-state index is 12.9. The predicted molar refractivity (Wildman–Crippen MR) is 122 cm³/mol. The first-order valence-corrected chi connectivity index (χ1v) is 10.5. The largest absolute Gasteiger partial charge is 0.493 e. The summed E-state index contributed by atoms with van der Waals surface area (Å²) in [6, 6.07) is 8.45. The van der Waals surface area contributed by atoms with Crippen molar-refractivity contribution in [1.29, 1.82) is 0 Å². The summed E-state index contributed by atoms with van der Waals surface area (Å²) >= 11 is 1.24. The van der Waals surface area contributed by atoms with Crippen molar-refractivity contribution in [3.8, 4) is 22.8 Å². The number of aromatic nitrogens is 1. The number of nitrogens with zero attached hydrogens (tertiary/aromatic N) is 2. The molecule has 3 aromatic rings. The fourth-order valence-corrected chi connectivity index (χ4v) is 3.63. The van der Waals surface area contributed by atoms with E-state index in [0.29, 0.717) is 17.4 Å². The zero-order valence-electron chi connectivity index (χ0n) is 18.1. The number of methoxy groups -OCH3 is 2. The molecule has 0 fully saturated rings. The van der Waals surface area contributed by atoms with Crippen LogP contribution in [0.25, 0.3) is 11.3 Å². The molecule has 3 rings (SSSR count). The van der Waals surface area contributed by atoms with E-state index in [2.05, 4.69) is 10.3 Å². The number of anilines is 1. The highest BCUT2D eigenvalue weighted by Gasteiger charge is 2.25. The number of ether oxygens (including phenoxy) is 3. The van der Waals surface area contributed by atoms with E-state index in [-0.39, 0.29) is 23.7 Å². The average molecular weight is 458 g/mol. The van der Waals surface area contributed by atoms with Gasteiger partial charge in [0, 0.05) is 24.1 Å². The maximum atomic E-state index is 12.9. The van der Waals surface area contributed by atoms with Crippen molar-refractivity contribution in [3.63, 3.8) is 0 Å². The van der Waals surface area contributed by atoms with Gasteiger partial charge in [-0.2, -0.15) is 0 Å². The van der Waals surface area contributed by atoms with Gasteiger partial charge in [-0.1, -0.05) is 12.1 Å². The topological polar surface area (TPSA) is 113 Å². The van der Waals surface area contributed by atoms with Crippen molar-refractivity contribution in [2.45, 2.75) is 13.8 Å². The second-order valence-electron chi connectivity index (χ2n) is 6.91. The van der Waals surface area contributed by atoms with E-state index in [0.717, 1.165) is 11.1 Å². The first kappa shape index (κ1) is 23.2. The summed E-state index contributed by atoms with van der Waals surface area (Å²) in [4.78, 5) is 28.3. The summed E-state index contributed by atoms with van der Waals surface area (Å²) in [6.45, 7) is 4.52. The highest BCUT2D eigenvalue weighted by molar-refractivity contribution is 7.14. The van der Waals surface area contributed by atoms with Gasteiger partial charge in [0.05, 0.1) is 30.4 Å². The molecule has 1 aromatic heterocycles. The number of hydrogen-bond donors (Lipinski definition) is 1. The quantitative estimate of drug-likeness (QED) is 0.283. The van der Waals surface area contributed by atoms with Crippen molar-refractivity contribution >= 4 is 28.1 Å². The molecule has 1 heterocycles. The Morgan fingerprint density at radius 1 is 1.12 bits per heavy atom. The zero-order chi connectivity index (χ0) is 23.3. The SMILES string of the molecule is COCCOc1cc([N+](=O)[O-])c(C(=O)Nc2nc(-c3ccc(C)c(C)c3)cs2)cc1OC. The fourth-order valence-electron chi connectivity index (χ4n) is 2.92. The van der Waals surface area contributed by atoms with Gasteiger partial charge in [-0.05, 0) is 31.0 Å². The molecule has 1 N–H and O–H groups in total. The molecule has 168 valence electrons. The molecule has 0 saturated heterocycles. The molecule has 0 unspecified atom stereocenters. The molecule has 0 aliphatic rings. The highest BCUT2D eigenvalue weighted by Crippen LogP contribution is 2.35. The molecule has 0 bridgehead atoms. The molecule has 2 aromatic carbocycles. The Morgan fingerprint density at radius 2 is 1.91 bits per heavy atom. The van der Waals surface area contributed by atoms with Crippen molar-refractivity contribution in [2.24, 2.45) is 0 Å². The molecule has 9 nitrogen and oxygen atoms in total. The third kappa shape index (κ3) is 5.21. The van der Waals surface area contributed by atoms with E-state index in [1.165, 1.54) is 43.3 Å². The van der Waals surface area contributed by atoms with Gasteiger partial charge in [-0.25, -0.2) is 4.98 Å². The van der Waals surface area contributed by atoms with Gasteiger partial charge < -0.3 is 14.2 Å². The van der Waals surface area contributed by atoms with Crippen LogP contribution in [-0.4, -0.2) is 43.2 Å². The Hall–Kier alpha value is -3.50. The maximum Gasteiger partial charge on any atom is 0.286 e. The third-order valence-electron chi connectivity index (χ3n) is 4.80. The van der Waals surface area contributed by atoms with Crippen LogP contribution in [0.2, 0.25) is 0 Å². The first-order valence-electron chi connectivity index (χ1n) is 9.66. The lowest BCUT2D eigenvalue weighted by Gasteiger charge is -2.12. The Balaban J connectivity index is 1.86. The van der Waals surface area contributed by atoms with Gasteiger partial charge in [0.15, 0.2) is 16.6 Å². The standard InChI is InChI=1S/C22H23N3O6S/c1-13-5-6-15(9-14(13)2)17-12-32-22(23-17)24-21(26)16-10-19(30-4)20(31-8-7-29-3)11-18(16)25(27)28/h5-6,9-12H,7-8H2,1-4H3,(H,23,24,26).